The molecule has 3 aromatic carbocycles. The van der Waals surface area contributed by atoms with Gasteiger partial charge in [0.25, 0.3) is 0 Å². The van der Waals surface area contributed by atoms with Gasteiger partial charge in [-0.25, -0.2) is 0 Å². The molecule has 8 heteroatoms. The first-order chi connectivity index (χ1) is 13.2. The molecule has 0 spiro atoms. The molecule has 27 heavy (non-hydrogen) atoms. The fraction of sp³-hybridized carbons (Fsp3) is 0.0526. The summed E-state index contributed by atoms with van der Waals surface area (Å²) in [4.78, 5) is 5.53. The first kappa shape index (κ1) is 17.9. The summed E-state index contributed by atoms with van der Waals surface area (Å²) >= 11 is 0. The predicted octanol–water partition coefficient (Wildman–Crippen LogP) is 6.27. The maximum atomic E-state index is 6.35. The van der Waals surface area contributed by atoms with Gasteiger partial charge in [-0.05, 0) is 0 Å². The van der Waals surface area contributed by atoms with Gasteiger partial charge in [-0.3, -0.25) is 0 Å². The van der Waals surface area contributed by atoms with Gasteiger partial charge in [0.1, 0.15) is 0 Å². The summed E-state index contributed by atoms with van der Waals surface area (Å²) in [6.07, 6.45) is 0. The first-order valence-corrected chi connectivity index (χ1v) is 11.0. The van der Waals surface area contributed by atoms with Gasteiger partial charge >= 0.3 is 159 Å². The van der Waals surface area contributed by atoms with Crippen molar-refractivity contribution in [2.24, 2.45) is 4.52 Å². The fourth-order valence-corrected chi connectivity index (χ4v) is 6.79. The fourth-order valence-electron chi connectivity index (χ4n) is 2.54. The Morgan fingerprint density at radius 2 is 1.04 bits per heavy atom. The van der Waals surface area contributed by atoms with Gasteiger partial charge in [0.05, 0.1) is 0 Å². The van der Waals surface area contributed by atoms with Gasteiger partial charge in [-0.1, -0.05) is 0 Å². The maximum absolute atomic E-state index is 6.35. The molecule has 1 heterocycles. The molecule has 0 saturated carbocycles. The third-order valence-corrected chi connectivity index (χ3v) is 9.00. The summed E-state index contributed by atoms with van der Waals surface area (Å²) < 4.78 is 25.2. The van der Waals surface area contributed by atoms with Crippen LogP contribution in [0.4, 0.5) is 0 Å². The molecule has 0 radical (unpaired) electrons. The Kier molecular flexibility index (Phi) is 4.81. The van der Waals surface area contributed by atoms with E-state index in [1.807, 2.05) is 91.0 Å². The van der Waals surface area contributed by atoms with Gasteiger partial charge in [0, 0.05) is 0 Å². The quantitative estimate of drug-likeness (QED) is 0.437. The Bertz CT molecular complexity index is 822. The van der Waals surface area contributed by atoms with Gasteiger partial charge < -0.3 is 0 Å². The number of para-hydroxylation sites is 3. The molecule has 138 valence electrons. The van der Waals surface area contributed by atoms with E-state index in [1.165, 1.54) is 4.60 Å². The number of hydrogen-bond donors (Lipinski definition) is 0. The van der Waals surface area contributed by atoms with Crippen LogP contribution in [0.2, 0.25) is 0 Å². The minimum absolute atomic E-state index is 0.548. The van der Waals surface area contributed by atoms with Crippen molar-refractivity contribution >= 4 is 16.1 Å². The van der Waals surface area contributed by atoms with Gasteiger partial charge in [0.2, 0.25) is 0 Å². The third-order valence-electron chi connectivity index (χ3n) is 3.73. The number of hydrogen-bond acceptors (Lipinski definition) is 6. The third kappa shape index (κ3) is 3.41. The topological polar surface area (TPSA) is 52.5 Å². The Morgan fingerprint density at radius 1 is 0.667 bits per heavy atom. The van der Waals surface area contributed by atoms with Crippen molar-refractivity contribution in [3.63, 3.8) is 0 Å². The van der Waals surface area contributed by atoms with E-state index >= 15 is 0 Å². The Hall–Kier alpha value is -2.49. The van der Waals surface area contributed by atoms with Crippen LogP contribution in [0.1, 0.15) is 0 Å². The summed E-state index contributed by atoms with van der Waals surface area (Å²) in [7, 11) is -2.13. The number of benzene rings is 3. The molecule has 0 aromatic heterocycles. The summed E-state index contributed by atoms with van der Waals surface area (Å²) in [5, 5.41) is 0. The zero-order valence-electron chi connectivity index (χ0n) is 14.6. The van der Waals surface area contributed by atoms with Crippen molar-refractivity contribution in [2.75, 3.05) is 7.11 Å². The van der Waals surface area contributed by atoms with Crippen molar-refractivity contribution in [1.29, 1.82) is 0 Å². The van der Waals surface area contributed by atoms with E-state index in [0.29, 0.717) is 25.8 Å². The standard InChI is InChI=1S/C19H18N2O4P2/c1-22-21-26-20-27(21,23-17-11-5-2-6-12-17,24-18-13-7-3-8-14-18)25-19-15-9-4-10-16-19/h2-16H,1H3. The molecule has 0 unspecified atom stereocenters. The van der Waals surface area contributed by atoms with Crippen LogP contribution < -0.4 is 13.6 Å². The second-order valence-corrected chi connectivity index (χ2v) is 9.72. The summed E-state index contributed by atoms with van der Waals surface area (Å²) in [6, 6.07) is 28.0. The molecule has 4 rings (SSSR count). The molecular formula is C19H18N2O4P2. The first-order valence-electron chi connectivity index (χ1n) is 8.28. The molecule has 6 nitrogen and oxygen atoms in total. The molecule has 1 aliphatic rings. The summed E-state index contributed by atoms with van der Waals surface area (Å²) in [5.74, 6) is 1.72. The zero-order chi connectivity index (χ0) is 18.6. The predicted molar refractivity (Wildman–Crippen MR) is 106 cm³/mol. The van der Waals surface area contributed by atoms with Crippen molar-refractivity contribution in [3.8, 4) is 17.2 Å². The molecule has 0 bridgehead atoms. The van der Waals surface area contributed by atoms with Crippen molar-refractivity contribution in [2.45, 2.75) is 0 Å². The molecule has 0 N–H and O–H groups in total. The van der Waals surface area contributed by atoms with Gasteiger partial charge in [0.15, 0.2) is 0 Å². The summed E-state index contributed by atoms with van der Waals surface area (Å²) in [5.41, 5.74) is 0. The van der Waals surface area contributed by atoms with Gasteiger partial charge in [-0.2, -0.15) is 0 Å². The Labute approximate surface area is 159 Å². The zero-order valence-corrected chi connectivity index (χ0v) is 16.4. The average Bonchev–Trinajstić information content (AvgIpc) is 2.70. The van der Waals surface area contributed by atoms with E-state index in [-0.39, 0.29) is 0 Å². The minimum atomic E-state index is -4.22. The monoisotopic (exact) mass is 400 g/mol. The van der Waals surface area contributed by atoms with E-state index in [4.69, 9.17) is 18.4 Å². The van der Waals surface area contributed by atoms with Crippen LogP contribution >= 0.6 is 16.1 Å². The van der Waals surface area contributed by atoms with Crippen LogP contribution in [0.5, 0.6) is 17.2 Å². The second kappa shape index (κ2) is 7.26. The number of nitrogens with zero attached hydrogens (tertiary/aromatic N) is 2. The normalized spacial score (nSPS) is 19.1. The van der Waals surface area contributed by atoms with E-state index in [0.717, 1.165) is 0 Å². The van der Waals surface area contributed by atoms with E-state index in [1.54, 1.807) is 7.11 Å². The van der Waals surface area contributed by atoms with E-state index < -0.39 is 7.59 Å². The van der Waals surface area contributed by atoms with Crippen molar-refractivity contribution in [3.05, 3.63) is 91.0 Å². The summed E-state index contributed by atoms with van der Waals surface area (Å²) in [6.45, 7) is 0. The second-order valence-electron chi connectivity index (χ2n) is 5.63. The Balaban J connectivity index is 1.82. The van der Waals surface area contributed by atoms with Crippen LogP contribution in [-0.2, 0) is 4.84 Å². The van der Waals surface area contributed by atoms with Gasteiger partial charge in [-0.15, -0.1) is 0 Å². The van der Waals surface area contributed by atoms with Crippen LogP contribution in [-0.4, -0.2) is 11.7 Å². The van der Waals surface area contributed by atoms with Crippen LogP contribution in [0.3, 0.4) is 0 Å². The molecule has 0 saturated heterocycles. The van der Waals surface area contributed by atoms with E-state index in [2.05, 4.69) is 4.52 Å². The molecular weight excluding hydrogens is 382 g/mol. The van der Waals surface area contributed by atoms with Crippen molar-refractivity contribution in [1.82, 2.24) is 4.60 Å². The van der Waals surface area contributed by atoms with Crippen LogP contribution in [0.25, 0.3) is 0 Å². The van der Waals surface area contributed by atoms with Crippen LogP contribution in [0, 0.1) is 0 Å². The van der Waals surface area contributed by atoms with E-state index in [9.17, 15) is 0 Å². The van der Waals surface area contributed by atoms with Crippen LogP contribution in [0.15, 0.2) is 95.5 Å². The molecule has 3 aromatic rings. The number of rotatable bonds is 7. The molecule has 0 amide bonds. The SMILES string of the molecule is CON1P=NP1(Oc1ccccc1)(Oc1ccccc1)Oc1ccccc1. The Morgan fingerprint density at radius 3 is 1.30 bits per heavy atom. The molecule has 0 aliphatic carbocycles. The molecule has 1 aliphatic heterocycles. The molecule has 0 atom stereocenters. The van der Waals surface area contributed by atoms with Crippen molar-refractivity contribution < 1.29 is 18.4 Å². The molecule has 0 fully saturated rings. The average molecular weight is 400 g/mol.